The summed E-state index contributed by atoms with van der Waals surface area (Å²) in [4.78, 5) is 11.9. The monoisotopic (exact) mass is 616 g/mol. The van der Waals surface area contributed by atoms with E-state index in [2.05, 4.69) is 20.8 Å². The molecule has 0 aromatic heterocycles. The van der Waals surface area contributed by atoms with Crippen LogP contribution in [0, 0.1) is 40.4 Å². The maximum absolute atomic E-state index is 14.8. The summed E-state index contributed by atoms with van der Waals surface area (Å²) in [6.45, 7) is 12.7. The maximum Gasteiger partial charge on any atom is 0.412 e. The fourth-order valence-electron chi connectivity index (χ4n) is 10.6. The molecular weight excluding hydrogens is 561 g/mol. The first-order valence-corrected chi connectivity index (χ1v) is 17.3. The number of ether oxygens (including phenoxy) is 2. The molecule has 0 bridgehead atoms. The van der Waals surface area contributed by atoms with Gasteiger partial charge in [0.1, 0.15) is 5.60 Å². The predicted molar refractivity (Wildman–Crippen MR) is 169 cm³/mol. The zero-order valence-electron chi connectivity index (χ0n) is 27.9. The molecule has 4 aliphatic rings. The van der Waals surface area contributed by atoms with E-state index < -0.39 is 17.7 Å². The van der Waals surface area contributed by atoms with Gasteiger partial charge in [-0.15, -0.1) is 0 Å². The first-order chi connectivity index (χ1) is 20.6. The zero-order valence-corrected chi connectivity index (χ0v) is 27.9. The Bertz CT molecular complexity index is 1190. The van der Waals surface area contributed by atoms with Crippen LogP contribution in [0.15, 0.2) is 42.0 Å². The van der Waals surface area contributed by atoms with Crippen molar-refractivity contribution in [2.45, 2.75) is 143 Å². The van der Waals surface area contributed by atoms with Crippen LogP contribution in [0.1, 0.15) is 124 Å². The standard InChI is InChI=1S/C38H55F3O3/c1-7-37(44-26(2)42)23-22-35(5)28(24-37)15-16-29-30-17-18-32(36(30,6)21-19-31(29)35)33(38(39,40)41)14-11-20-34(3,4)43-25-27-12-9-8-10-13-27/h8-10,12-14,28-32H,7,11,15-25H2,1-6H3/b33-14+/t28-,29-,30-,31-,32?,35-,36-,37-/m0/s1. The summed E-state index contributed by atoms with van der Waals surface area (Å²) >= 11 is 0. The molecule has 6 heteroatoms. The van der Waals surface area contributed by atoms with Crippen LogP contribution in [0.5, 0.6) is 0 Å². The molecule has 0 amide bonds. The van der Waals surface area contributed by atoms with Gasteiger partial charge in [-0.1, -0.05) is 57.2 Å². The number of rotatable bonds is 9. The van der Waals surface area contributed by atoms with Crippen molar-refractivity contribution in [2.24, 2.45) is 40.4 Å². The SMILES string of the molecule is CC[C@]1(OC(C)=O)CC[C@@]2(C)[C@@H](CC[C@@H]3[C@@H]2CC[C@]2(C)C(/C(=C\CCC(C)(C)OCc4ccccc4)C(F)(F)F)CC[C@@H]32)C1. The molecule has 1 unspecified atom stereocenters. The van der Waals surface area contributed by atoms with Gasteiger partial charge in [-0.25, -0.2) is 0 Å². The van der Waals surface area contributed by atoms with Gasteiger partial charge in [-0.2, -0.15) is 13.2 Å². The van der Waals surface area contributed by atoms with Gasteiger partial charge in [-0.3, -0.25) is 4.79 Å². The number of alkyl halides is 3. The fourth-order valence-corrected chi connectivity index (χ4v) is 10.6. The molecule has 1 aromatic rings. The normalized spacial score (nSPS) is 37.6. The molecule has 1 aromatic carbocycles. The summed E-state index contributed by atoms with van der Waals surface area (Å²) in [7, 11) is 0. The van der Waals surface area contributed by atoms with Crippen LogP contribution in [0.25, 0.3) is 0 Å². The van der Waals surface area contributed by atoms with Crippen molar-refractivity contribution < 1.29 is 27.4 Å². The molecule has 0 spiro atoms. The number of fused-ring (bicyclic) bond motifs is 5. The number of carbonyl (C=O) groups is 1. The topological polar surface area (TPSA) is 35.5 Å². The molecular formula is C38H55F3O3. The van der Waals surface area contributed by atoms with Crippen LogP contribution in [0.4, 0.5) is 13.2 Å². The van der Waals surface area contributed by atoms with Crippen molar-refractivity contribution in [2.75, 3.05) is 0 Å². The highest BCUT2D eigenvalue weighted by molar-refractivity contribution is 5.66. The van der Waals surface area contributed by atoms with E-state index in [1.165, 1.54) is 13.0 Å². The molecule has 5 rings (SSSR count). The van der Waals surface area contributed by atoms with Gasteiger partial charge < -0.3 is 9.47 Å². The smallest absolute Gasteiger partial charge is 0.412 e. The van der Waals surface area contributed by atoms with Crippen LogP contribution >= 0.6 is 0 Å². The van der Waals surface area contributed by atoms with E-state index in [-0.39, 0.29) is 28.0 Å². The highest BCUT2D eigenvalue weighted by Gasteiger charge is 2.63. The van der Waals surface area contributed by atoms with Gasteiger partial charge in [0.05, 0.1) is 12.2 Å². The lowest BCUT2D eigenvalue weighted by atomic mass is 9.43. The Hall–Kier alpha value is -1.82. The highest BCUT2D eigenvalue weighted by atomic mass is 19.4. The van der Waals surface area contributed by atoms with E-state index in [1.807, 2.05) is 44.2 Å². The number of carbonyl (C=O) groups excluding carboxylic acids is 1. The third kappa shape index (κ3) is 6.53. The van der Waals surface area contributed by atoms with E-state index in [0.717, 1.165) is 63.4 Å². The number of hydrogen-bond donors (Lipinski definition) is 0. The van der Waals surface area contributed by atoms with Crippen LogP contribution in [-0.4, -0.2) is 23.3 Å². The molecule has 3 nitrogen and oxygen atoms in total. The quantitative estimate of drug-likeness (QED) is 0.205. The molecule has 4 fully saturated rings. The Balaban J connectivity index is 1.28. The summed E-state index contributed by atoms with van der Waals surface area (Å²) < 4.78 is 56.4. The minimum atomic E-state index is -4.32. The zero-order chi connectivity index (χ0) is 32.0. The Morgan fingerprint density at radius 2 is 1.66 bits per heavy atom. The minimum absolute atomic E-state index is 0.176. The van der Waals surface area contributed by atoms with Gasteiger partial charge in [0.15, 0.2) is 0 Å². The van der Waals surface area contributed by atoms with Gasteiger partial charge in [-0.05, 0) is 137 Å². The van der Waals surface area contributed by atoms with Gasteiger partial charge in [0, 0.05) is 12.5 Å². The number of allylic oxidation sites excluding steroid dienone is 2. The van der Waals surface area contributed by atoms with Gasteiger partial charge in [0.25, 0.3) is 0 Å². The van der Waals surface area contributed by atoms with Gasteiger partial charge >= 0.3 is 12.1 Å². The van der Waals surface area contributed by atoms with E-state index in [9.17, 15) is 18.0 Å². The molecule has 44 heavy (non-hydrogen) atoms. The first kappa shape index (κ1) is 33.5. The second-order valence-corrected chi connectivity index (χ2v) is 15.9. The molecule has 0 saturated heterocycles. The molecule has 246 valence electrons. The van der Waals surface area contributed by atoms with Crippen LogP contribution < -0.4 is 0 Å². The summed E-state index contributed by atoms with van der Waals surface area (Å²) in [6.07, 6.45) is 7.44. The van der Waals surface area contributed by atoms with Crippen molar-refractivity contribution in [1.29, 1.82) is 0 Å². The lowest BCUT2D eigenvalue weighted by Crippen LogP contribution is -2.56. The molecule has 0 aliphatic heterocycles. The Labute approximate surface area is 263 Å². The Morgan fingerprint density at radius 3 is 2.32 bits per heavy atom. The second kappa shape index (κ2) is 12.4. The number of halogens is 3. The molecule has 8 atom stereocenters. The van der Waals surface area contributed by atoms with Crippen molar-refractivity contribution in [3.63, 3.8) is 0 Å². The molecule has 4 saturated carbocycles. The predicted octanol–water partition coefficient (Wildman–Crippen LogP) is 10.6. The van der Waals surface area contributed by atoms with E-state index in [4.69, 9.17) is 9.47 Å². The number of hydrogen-bond acceptors (Lipinski definition) is 3. The van der Waals surface area contributed by atoms with Crippen LogP contribution in [0.2, 0.25) is 0 Å². The maximum atomic E-state index is 14.8. The lowest BCUT2D eigenvalue weighted by Gasteiger charge is -2.62. The fraction of sp³-hybridized carbons (Fsp3) is 0.763. The van der Waals surface area contributed by atoms with Crippen LogP contribution in [-0.2, 0) is 20.9 Å². The van der Waals surface area contributed by atoms with Crippen molar-refractivity contribution in [1.82, 2.24) is 0 Å². The third-order valence-corrected chi connectivity index (χ3v) is 13.1. The summed E-state index contributed by atoms with van der Waals surface area (Å²) in [6, 6.07) is 9.91. The van der Waals surface area contributed by atoms with Gasteiger partial charge in [0.2, 0.25) is 0 Å². The van der Waals surface area contributed by atoms with Crippen molar-refractivity contribution in [3.8, 4) is 0 Å². The van der Waals surface area contributed by atoms with E-state index >= 15 is 0 Å². The van der Waals surface area contributed by atoms with Crippen molar-refractivity contribution >= 4 is 5.97 Å². The average Bonchev–Trinajstić information content (AvgIpc) is 3.31. The summed E-state index contributed by atoms with van der Waals surface area (Å²) in [5.41, 5.74) is -0.218. The Morgan fingerprint density at radius 1 is 0.955 bits per heavy atom. The number of benzene rings is 1. The molecule has 0 heterocycles. The highest BCUT2D eigenvalue weighted by Crippen LogP contribution is 2.69. The largest absolute Gasteiger partial charge is 0.459 e. The minimum Gasteiger partial charge on any atom is -0.459 e. The Kier molecular flexibility index (Phi) is 9.46. The summed E-state index contributed by atoms with van der Waals surface area (Å²) in [5, 5.41) is 0. The molecule has 0 radical (unpaired) electrons. The van der Waals surface area contributed by atoms with E-state index in [1.54, 1.807) is 0 Å². The number of esters is 1. The summed E-state index contributed by atoms with van der Waals surface area (Å²) in [5.74, 6) is 1.26. The third-order valence-electron chi connectivity index (χ3n) is 13.1. The molecule has 0 N–H and O–H groups in total. The lowest BCUT2D eigenvalue weighted by molar-refractivity contribution is -0.183. The average molecular weight is 617 g/mol. The van der Waals surface area contributed by atoms with Crippen molar-refractivity contribution in [3.05, 3.63) is 47.5 Å². The second-order valence-electron chi connectivity index (χ2n) is 15.9. The van der Waals surface area contributed by atoms with E-state index in [0.29, 0.717) is 49.5 Å². The van der Waals surface area contributed by atoms with Crippen LogP contribution in [0.3, 0.4) is 0 Å². The first-order valence-electron chi connectivity index (χ1n) is 17.3. The molecule has 4 aliphatic carbocycles.